The van der Waals surface area contributed by atoms with Crippen LogP contribution in [0, 0.1) is 5.82 Å². The Morgan fingerprint density at radius 1 is 1.00 bits per heavy atom. The van der Waals surface area contributed by atoms with Crippen molar-refractivity contribution in [3.05, 3.63) is 95.0 Å². The fourth-order valence-electron chi connectivity index (χ4n) is 3.07. The summed E-state index contributed by atoms with van der Waals surface area (Å²) < 4.78 is 24.7. The van der Waals surface area contributed by atoms with Crippen molar-refractivity contribution in [2.75, 3.05) is 5.32 Å². The highest BCUT2D eigenvalue weighted by Gasteiger charge is 2.25. The van der Waals surface area contributed by atoms with Crippen molar-refractivity contribution in [2.24, 2.45) is 0 Å². The van der Waals surface area contributed by atoms with Gasteiger partial charge in [0.1, 0.15) is 17.1 Å². The van der Waals surface area contributed by atoms with Gasteiger partial charge in [0, 0.05) is 10.9 Å². The molecule has 4 aromatic rings. The molecule has 1 N–H and O–H groups in total. The zero-order valence-corrected chi connectivity index (χ0v) is 17.2. The van der Waals surface area contributed by atoms with E-state index in [4.69, 9.17) is 20.8 Å². The minimum Gasteiger partial charge on any atom is -0.479 e. The lowest BCUT2D eigenvalue weighted by molar-refractivity contribution is -0.122. The number of nitrogens with one attached hydrogen (secondary N) is 1. The molecular formula is C24H17ClFNO4. The van der Waals surface area contributed by atoms with E-state index in [1.165, 1.54) is 24.3 Å². The van der Waals surface area contributed by atoms with Crippen LogP contribution in [0.25, 0.3) is 11.0 Å². The van der Waals surface area contributed by atoms with E-state index in [0.29, 0.717) is 21.7 Å². The van der Waals surface area contributed by atoms with Gasteiger partial charge in [0.15, 0.2) is 11.9 Å². The minimum absolute atomic E-state index is 0.0499. The summed E-state index contributed by atoms with van der Waals surface area (Å²) in [4.78, 5) is 25.9. The Balaban J connectivity index is 1.65. The first-order chi connectivity index (χ1) is 14.9. The fraction of sp³-hybridized carbons (Fsp3) is 0.0833. The number of anilines is 1. The monoisotopic (exact) mass is 437 g/mol. The molecule has 5 nitrogen and oxygen atoms in total. The van der Waals surface area contributed by atoms with Crippen molar-refractivity contribution in [3.63, 3.8) is 0 Å². The highest BCUT2D eigenvalue weighted by Crippen LogP contribution is 2.33. The molecule has 1 heterocycles. The van der Waals surface area contributed by atoms with Crippen LogP contribution < -0.4 is 10.1 Å². The number of amides is 1. The molecule has 0 saturated heterocycles. The van der Waals surface area contributed by atoms with Gasteiger partial charge in [0.2, 0.25) is 5.78 Å². The van der Waals surface area contributed by atoms with Crippen LogP contribution in [-0.4, -0.2) is 17.8 Å². The quantitative estimate of drug-likeness (QED) is 0.383. The van der Waals surface area contributed by atoms with Crippen LogP contribution >= 0.6 is 11.6 Å². The average molecular weight is 438 g/mol. The van der Waals surface area contributed by atoms with Gasteiger partial charge in [-0.1, -0.05) is 35.9 Å². The van der Waals surface area contributed by atoms with Gasteiger partial charge in [0.05, 0.1) is 10.7 Å². The molecule has 0 radical (unpaired) electrons. The lowest BCUT2D eigenvalue weighted by atomic mass is 10.1. The number of benzene rings is 3. The topological polar surface area (TPSA) is 68.5 Å². The SMILES string of the molecule is CC(Oc1ccccc1Cl)C(=O)Nc1c(C(=O)c2ccc(F)cc2)oc2ccccc12. The van der Waals surface area contributed by atoms with E-state index in [-0.39, 0.29) is 17.0 Å². The Morgan fingerprint density at radius 2 is 1.68 bits per heavy atom. The van der Waals surface area contributed by atoms with Gasteiger partial charge in [-0.2, -0.15) is 0 Å². The molecule has 1 atom stereocenters. The largest absolute Gasteiger partial charge is 0.479 e. The molecule has 4 rings (SSSR count). The summed E-state index contributed by atoms with van der Waals surface area (Å²) in [7, 11) is 0. The Morgan fingerprint density at radius 3 is 2.42 bits per heavy atom. The Kier molecular flexibility index (Phi) is 5.73. The van der Waals surface area contributed by atoms with Crippen LogP contribution in [0.2, 0.25) is 5.02 Å². The molecule has 0 spiro atoms. The number of ether oxygens (including phenoxy) is 1. The van der Waals surface area contributed by atoms with Crippen LogP contribution in [0.15, 0.2) is 77.2 Å². The summed E-state index contributed by atoms with van der Waals surface area (Å²) >= 11 is 6.10. The number of carbonyl (C=O) groups excluding carboxylic acids is 2. The molecule has 0 bridgehead atoms. The third kappa shape index (κ3) is 4.29. The van der Waals surface area contributed by atoms with Gasteiger partial charge in [-0.15, -0.1) is 0 Å². The summed E-state index contributed by atoms with van der Waals surface area (Å²) in [5.41, 5.74) is 0.892. The van der Waals surface area contributed by atoms with Crippen LogP contribution in [0.3, 0.4) is 0 Å². The summed E-state index contributed by atoms with van der Waals surface area (Å²) in [5, 5.41) is 3.68. The number of fused-ring (bicyclic) bond motifs is 1. The Labute approximate surface area is 182 Å². The number of hydrogen-bond donors (Lipinski definition) is 1. The second-order valence-corrected chi connectivity index (χ2v) is 7.23. The molecule has 1 unspecified atom stereocenters. The van der Waals surface area contributed by atoms with Crippen molar-refractivity contribution < 1.29 is 23.1 Å². The highest BCUT2D eigenvalue weighted by molar-refractivity contribution is 6.32. The van der Waals surface area contributed by atoms with Crippen LogP contribution in [0.1, 0.15) is 23.0 Å². The van der Waals surface area contributed by atoms with Crippen LogP contribution in [0.5, 0.6) is 5.75 Å². The maximum Gasteiger partial charge on any atom is 0.265 e. The van der Waals surface area contributed by atoms with Crippen LogP contribution in [-0.2, 0) is 4.79 Å². The number of hydrogen-bond acceptors (Lipinski definition) is 4. The van der Waals surface area contributed by atoms with Gasteiger partial charge in [-0.05, 0) is 55.5 Å². The predicted octanol–water partition coefficient (Wildman–Crippen LogP) is 5.86. The van der Waals surface area contributed by atoms with E-state index in [1.54, 1.807) is 55.5 Å². The third-order valence-electron chi connectivity index (χ3n) is 4.67. The maximum atomic E-state index is 13.3. The third-order valence-corrected chi connectivity index (χ3v) is 4.98. The molecule has 156 valence electrons. The number of rotatable bonds is 6. The lowest BCUT2D eigenvalue weighted by Crippen LogP contribution is -2.30. The van der Waals surface area contributed by atoms with E-state index < -0.39 is 23.6 Å². The van der Waals surface area contributed by atoms with E-state index in [2.05, 4.69) is 5.32 Å². The molecule has 1 amide bonds. The summed E-state index contributed by atoms with van der Waals surface area (Å²) in [5.74, 6) is -1.11. The van der Waals surface area contributed by atoms with Crippen molar-refractivity contribution in [2.45, 2.75) is 13.0 Å². The van der Waals surface area contributed by atoms with Gasteiger partial charge in [0.25, 0.3) is 5.91 Å². The summed E-state index contributed by atoms with van der Waals surface area (Å²) in [6, 6.07) is 18.9. The van der Waals surface area contributed by atoms with Gasteiger partial charge in [-0.25, -0.2) is 4.39 Å². The zero-order chi connectivity index (χ0) is 22.0. The average Bonchev–Trinajstić information content (AvgIpc) is 3.13. The molecule has 7 heteroatoms. The van der Waals surface area contributed by atoms with E-state index in [0.717, 1.165) is 0 Å². The van der Waals surface area contributed by atoms with Crippen molar-refractivity contribution in [1.82, 2.24) is 0 Å². The van der Waals surface area contributed by atoms with E-state index in [9.17, 15) is 14.0 Å². The van der Waals surface area contributed by atoms with Crippen molar-refractivity contribution in [1.29, 1.82) is 0 Å². The first kappa shape index (κ1) is 20.6. The second-order valence-electron chi connectivity index (χ2n) is 6.82. The smallest absolute Gasteiger partial charge is 0.265 e. The predicted molar refractivity (Wildman–Crippen MR) is 116 cm³/mol. The molecule has 0 aliphatic rings. The number of carbonyl (C=O) groups is 2. The molecule has 3 aromatic carbocycles. The molecule has 0 saturated carbocycles. The van der Waals surface area contributed by atoms with Gasteiger partial charge in [-0.3, -0.25) is 9.59 Å². The van der Waals surface area contributed by atoms with Crippen molar-refractivity contribution in [3.8, 4) is 5.75 Å². The molecule has 1 aromatic heterocycles. The normalized spacial score (nSPS) is 11.8. The standard InChI is InChI=1S/C24H17ClFNO4/c1-14(30-20-9-5-3-7-18(20)25)24(29)27-21-17-6-2-4-8-19(17)31-23(21)22(28)15-10-12-16(26)13-11-15/h2-14H,1H3,(H,27,29). The van der Waals surface area contributed by atoms with Crippen molar-refractivity contribution >= 4 is 39.9 Å². The summed E-state index contributed by atoms with van der Waals surface area (Å²) in [6.45, 7) is 1.57. The Bertz CT molecular complexity index is 1270. The number of ketones is 1. The fourth-order valence-corrected chi connectivity index (χ4v) is 3.25. The maximum absolute atomic E-state index is 13.3. The number of para-hydroxylation sites is 2. The first-order valence-corrected chi connectivity index (χ1v) is 9.85. The first-order valence-electron chi connectivity index (χ1n) is 9.48. The molecule has 0 aliphatic carbocycles. The highest BCUT2D eigenvalue weighted by atomic mass is 35.5. The molecule has 0 aliphatic heterocycles. The molecule has 0 fully saturated rings. The zero-order valence-electron chi connectivity index (χ0n) is 16.4. The molecule has 31 heavy (non-hydrogen) atoms. The lowest BCUT2D eigenvalue weighted by Gasteiger charge is -2.15. The number of furan rings is 1. The second kappa shape index (κ2) is 8.62. The van der Waals surface area contributed by atoms with E-state index >= 15 is 0 Å². The van der Waals surface area contributed by atoms with E-state index in [1.807, 2.05) is 0 Å². The summed E-state index contributed by atoms with van der Waals surface area (Å²) in [6.07, 6.45) is -0.901. The Hall–Kier alpha value is -3.64. The molecular weight excluding hydrogens is 421 g/mol. The van der Waals surface area contributed by atoms with Gasteiger partial charge < -0.3 is 14.5 Å². The minimum atomic E-state index is -0.901. The number of halogens is 2. The van der Waals surface area contributed by atoms with Gasteiger partial charge >= 0.3 is 0 Å². The van der Waals surface area contributed by atoms with Crippen LogP contribution in [0.4, 0.5) is 10.1 Å².